The van der Waals surface area contributed by atoms with Gasteiger partial charge in [-0.3, -0.25) is 24.0 Å². The smallest absolute Gasteiger partial charge is 0.246 e. The van der Waals surface area contributed by atoms with Crippen molar-refractivity contribution in [1.82, 2.24) is 20.9 Å². The third-order valence-electron chi connectivity index (χ3n) is 8.90. The van der Waals surface area contributed by atoms with Crippen LogP contribution in [0.5, 0.6) is 5.75 Å². The number of phenolic OH excluding ortho intramolecular Hbond substituents is 1. The molecule has 0 saturated carbocycles. The molecule has 2 saturated heterocycles. The van der Waals surface area contributed by atoms with Gasteiger partial charge >= 0.3 is 0 Å². The maximum atomic E-state index is 14.1. The number of nitrogens with one attached hydrogen (secondary N) is 3. The third kappa shape index (κ3) is 10.1. The SMILES string of the molecule is CC(=O)C[C@@H](Cc1ccc(O)cc1)C(=O)N[C@H]1CCCC[C@H]2CC[C@@H](C(=O)N[C@@H](CCC(N)=O)C(=O)NCc3ccccc3)N2C1=O. The number of hydrogen-bond donors (Lipinski definition) is 5. The Labute approximate surface area is 274 Å². The van der Waals surface area contributed by atoms with Crippen LogP contribution in [0.2, 0.25) is 0 Å². The lowest BCUT2D eigenvalue weighted by atomic mass is 9.92. The second-order valence-electron chi connectivity index (χ2n) is 12.6. The van der Waals surface area contributed by atoms with E-state index in [1.54, 1.807) is 17.0 Å². The third-order valence-corrected chi connectivity index (χ3v) is 8.90. The number of benzene rings is 2. The van der Waals surface area contributed by atoms with E-state index in [0.29, 0.717) is 32.1 Å². The molecule has 2 aromatic rings. The van der Waals surface area contributed by atoms with Crippen LogP contribution in [0.25, 0.3) is 0 Å². The van der Waals surface area contributed by atoms with Gasteiger partial charge in [0.25, 0.3) is 0 Å². The fraction of sp³-hybridized carbons (Fsp3) is 0.486. The van der Waals surface area contributed by atoms with Crippen LogP contribution in [0.3, 0.4) is 0 Å². The van der Waals surface area contributed by atoms with Crippen LogP contribution in [0.1, 0.15) is 75.8 Å². The van der Waals surface area contributed by atoms with Gasteiger partial charge in [-0.15, -0.1) is 0 Å². The number of carbonyl (C=O) groups is 6. The first-order valence-corrected chi connectivity index (χ1v) is 16.3. The van der Waals surface area contributed by atoms with Gasteiger partial charge in [-0.05, 0) is 68.7 Å². The van der Waals surface area contributed by atoms with E-state index in [2.05, 4.69) is 16.0 Å². The monoisotopic (exact) mass is 647 g/mol. The van der Waals surface area contributed by atoms with E-state index in [4.69, 9.17) is 5.73 Å². The molecule has 6 N–H and O–H groups in total. The van der Waals surface area contributed by atoms with Gasteiger partial charge in [0.2, 0.25) is 29.5 Å². The van der Waals surface area contributed by atoms with Crippen molar-refractivity contribution < 1.29 is 33.9 Å². The van der Waals surface area contributed by atoms with Gasteiger partial charge in [-0.2, -0.15) is 0 Å². The zero-order valence-corrected chi connectivity index (χ0v) is 26.8. The number of carbonyl (C=O) groups excluding carboxylic acids is 6. The van der Waals surface area contributed by atoms with E-state index in [0.717, 1.165) is 17.5 Å². The molecule has 12 nitrogen and oxygen atoms in total. The Kier molecular flexibility index (Phi) is 12.5. The predicted molar refractivity (Wildman–Crippen MR) is 173 cm³/mol. The van der Waals surface area contributed by atoms with Crippen molar-refractivity contribution >= 4 is 35.3 Å². The fourth-order valence-electron chi connectivity index (χ4n) is 6.47. The molecule has 2 aliphatic rings. The van der Waals surface area contributed by atoms with E-state index in [9.17, 15) is 33.9 Å². The Morgan fingerprint density at radius 1 is 0.915 bits per heavy atom. The predicted octanol–water partition coefficient (Wildman–Crippen LogP) is 2.02. The van der Waals surface area contributed by atoms with Crippen LogP contribution < -0.4 is 21.7 Å². The first-order valence-electron chi connectivity index (χ1n) is 16.3. The molecule has 0 bridgehead atoms. The van der Waals surface area contributed by atoms with Crippen molar-refractivity contribution in [3.63, 3.8) is 0 Å². The van der Waals surface area contributed by atoms with Crippen LogP contribution in [0.4, 0.5) is 0 Å². The Hall–Kier alpha value is -4.74. The topological polar surface area (TPSA) is 188 Å². The summed E-state index contributed by atoms with van der Waals surface area (Å²) < 4.78 is 0. The van der Waals surface area contributed by atoms with Crippen molar-refractivity contribution in [2.24, 2.45) is 11.7 Å². The van der Waals surface area contributed by atoms with Gasteiger partial charge in [-0.1, -0.05) is 55.3 Å². The molecule has 0 spiro atoms. The standard InChI is InChI=1S/C35H45N5O7/c1-22(41)19-25(20-23-11-14-27(42)15-12-23)32(44)39-29-10-6-5-9-26-13-17-30(40(26)35(29)47)34(46)38-28(16-18-31(36)43)33(45)37-21-24-7-3-2-4-8-24/h2-4,7-8,11-12,14-15,25-26,28-30,42H,5-6,9-10,13,16-21H2,1H3,(H2,36,43)(H,37,45)(H,38,46)(H,39,44)/t25-,26-,28-,29-,30-/m0/s1. The van der Waals surface area contributed by atoms with E-state index in [-0.39, 0.29) is 55.7 Å². The highest BCUT2D eigenvalue weighted by Gasteiger charge is 2.44. The molecule has 2 aliphatic heterocycles. The lowest BCUT2D eigenvalue weighted by Crippen LogP contribution is -2.58. The van der Waals surface area contributed by atoms with Crippen LogP contribution >= 0.6 is 0 Å². The highest BCUT2D eigenvalue weighted by molar-refractivity contribution is 5.95. The largest absolute Gasteiger partial charge is 0.508 e. The minimum Gasteiger partial charge on any atom is -0.508 e. The molecular formula is C35H45N5O7. The number of ketones is 1. The summed E-state index contributed by atoms with van der Waals surface area (Å²) in [4.78, 5) is 79.6. The summed E-state index contributed by atoms with van der Waals surface area (Å²) in [6, 6.07) is 12.7. The molecule has 252 valence electrons. The number of nitrogens with two attached hydrogens (primary N) is 1. The lowest BCUT2D eigenvalue weighted by Gasteiger charge is -2.36. The fourth-order valence-corrected chi connectivity index (χ4v) is 6.47. The van der Waals surface area contributed by atoms with Crippen LogP contribution in [-0.2, 0) is 41.7 Å². The molecule has 0 radical (unpaired) electrons. The highest BCUT2D eigenvalue weighted by Crippen LogP contribution is 2.32. The van der Waals surface area contributed by atoms with E-state index in [1.807, 2.05) is 30.3 Å². The van der Waals surface area contributed by atoms with E-state index >= 15 is 0 Å². The van der Waals surface area contributed by atoms with Crippen molar-refractivity contribution in [3.05, 3.63) is 65.7 Å². The number of primary amides is 1. The molecule has 2 heterocycles. The van der Waals surface area contributed by atoms with Crippen molar-refractivity contribution in [1.29, 1.82) is 0 Å². The minimum atomic E-state index is -1.04. The number of aromatic hydroxyl groups is 1. The number of nitrogens with zero attached hydrogens (tertiary/aromatic N) is 1. The molecule has 47 heavy (non-hydrogen) atoms. The van der Waals surface area contributed by atoms with Gasteiger partial charge < -0.3 is 36.5 Å². The maximum absolute atomic E-state index is 14.1. The lowest BCUT2D eigenvalue weighted by molar-refractivity contribution is -0.145. The molecule has 0 unspecified atom stereocenters. The number of phenols is 1. The zero-order chi connectivity index (χ0) is 33.9. The van der Waals surface area contributed by atoms with Gasteiger partial charge in [0.15, 0.2) is 0 Å². The summed E-state index contributed by atoms with van der Waals surface area (Å²) in [6.07, 6.45) is 3.75. The summed E-state index contributed by atoms with van der Waals surface area (Å²) in [5.74, 6) is -3.16. The average Bonchev–Trinajstić information content (AvgIpc) is 3.46. The van der Waals surface area contributed by atoms with Crippen molar-refractivity contribution in [2.75, 3.05) is 0 Å². The molecule has 2 fully saturated rings. The summed E-state index contributed by atoms with van der Waals surface area (Å²) in [6.45, 7) is 1.65. The summed E-state index contributed by atoms with van der Waals surface area (Å²) in [5.41, 5.74) is 6.98. The molecule has 0 aromatic heterocycles. The van der Waals surface area contributed by atoms with Gasteiger partial charge in [0, 0.05) is 31.3 Å². The van der Waals surface area contributed by atoms with E-state index < -0.39 is 47.7 Å². The maximum Gasteiger partial charge on any atom is 0.246 e. The van der Waals surface area contributed by atoms with Gasteiger partial charge in [-0.25, -0.2) is 0 Å². The first kappa shape index (κ1) is 35.1. The number of rotatable bonds is 14. The average molecular weight is 648 g/mol. The second-order valence-corrected chi connectivity index (χ2v) is 12.6. The molecule has 5 atom stereocenters. The Morgan fingerprint density at radius 2 is 1.62 bits per heavy atom. The molecule has 12 heteroatoms. The Morgan fingerprint density at radius 3 is 2.30 bits per heavy atom. The summed E-state index contributed by atoms with van der Waals surface area (Å²) in [5, 5.41) is 18.1. The summed E-state index contributed by atoms with van der Waals surface area (Å²) >= 11 is 0. The van der Waals surface area contributed by atoms with Crippen LogP contribution in [0.15, 0.2) is 54.6 Å². The van der Waals surface area contributed by atoms with Crippen LogP contribution in [0, 0.1) is 5.92 Å². The van der Waals surface area contributed by atoms with E-state index in [1.165, 1.54) is 19.1 Å². The second kappa shape index (κ2) is 16.7. The molecule has 4 rings (SSSR count). The minimum absolute atomic E-state index is 0.00302. The molecular weight excluding hydrogens is 602 g/mol. The number of Topliss-reactive ketones (excluding diaryl/α,β-unsaturated/α-hetero) is 1. The zero-order valence-electron chi connectivity index (χ0n) is 26.8. The van der Waals surface area contributed by atoms with Gasteiger partial charge in [0.1, 0.15) is 29.7 Å². The first-order chi connectivity index (χ1) is 22.5. The Bertz CT molecular complexity index is 1430. The van der Waals surface area contributed by atoms with Gasteiger partial charge in [0.05, 0.1) is 0 Å². The number of fused-ring (bicyclic) bond motifs is 1. The van der Waals surface area contributed by atoms with Crippen LogP contribution in [-0.4, -0.2) is 69.5 Å². The van der Waals surface area contributed by atoms with Crippen molar-refractivity contribution in [3.8, 4) is 5.75 Å². The Balaban J connectivity index is 1.46. The molecule has 0 aliphatic carbocycles. The normalized spacial score (nSPS) is 20.6. The highest BCUT2D eigenvalue weighted by atomic mass is 16.3. The summed E-state index contributed by atoms with van der Waals surface area (Å²) in [7, 11) is 0. The molecule has 2 aromatic carbocycles. The quantitative estimate of drug-likeness (QED) is 0.207. The number of amides is 5. The number of hydrogen-bond acceptors (Lipinski definition) is 7. The van der Waals surface area contributed by atoms with Crippen molar-refractivity contribution in [2.45, 2.75) is 102 Å². The molecule has 5 amide bonds.